The van der Waals surface area contributed by atoms with Gasteiger partial charge in [0.05, 0.1) is 0 Å². The van der Waals surface area contributed by atoms with Gasteiger partial charge in [-0.15, -0.1) is 0 Å². The van der Waals surface area contributed by atoms with Gasteiger partial charge in [-0.25, -0.2) is 0 Å². The van der Waals surface area contributed by atoms with Crippen LogP contribution in [0.15, 0.2) is 12.2 Å². The van der Waals surface area contributed by atoms with Crippen molar-refractivity contribution in [3.05, 3.63) is 12.2 Å². The SMILES string of the molecule is CCCCC1C=CC(C)(C)CC1. The molecule has 0 radical (unpaired) electrons. The average Bonchev–Trinajstić information content (AvgIpc) is 2.03. The summed E-state index contributed by atoms with van der Waals surface area (Å²) in [5, 5.41) is 0. The molecule has 1 unspecified atom stereocenters. The number of hydrogen-bond acceptors (Lipinski definition) is 0. The first-order valence-electron chi connectivity index (χ1n) is 5.33. The minimum absolute atomic E-state index is 0.475. The Morgan fingerprint density at radius 2 is 2.17 bits per heavy atom. The highest BCUT2D eigenvalue weighted by Gasteiger charge is 2.20. The van der Waals surface area contributed by atoms with Crippen LogP contribution in [0, 0.1) is 11.3 Å². The van der Waals surface area contributed by atoms with E-state index in [4.69, 9.17) is 0 Å². The molecule has 0 saturated carbocycles. The minimum atomic E-state index is 0.475. The molecule has 0 aromatic heterocycles. The molecule has 0 fully saturated rings. The molecule has 70 valence electrons. The Bertz CT molecular complexity index is 153. The van der Waals surface area contributed by atoms with E-state index in [0.717, 1.165) is 5.92 Å². The predicted octanol–water partition coefficient (Wildman–Crippen LogP) is 4.17. The molecule has 0 heteroatoms. The van der Waals surface area contributed by atoms with Crippen molar-refractivity contribution in [3.63, 3.8) is 0 Å². The summed E-state index contributed by atoms with van der Waals surface area (Å²) in [6, 6.07) is 0. The standard InChI is InChI=1S/C12H22/c1-4-5-6-11-7-9-12(2,3)10-8-11/h7,9,11H,4-6,8,10H2,1-3H3. The molecule has 0 saturated heterocycles. The van der Waals surface area contributed by atoms with Crippen LogP contribution in [0.25, 0.3) is 0 Å². The second-order valence-electron chi connectivity index (χ2n) is 4.79. The average molecular weight is 166 g/mol. The maximum Gasteiger partial charge on any atom is -0.0175 e. The number of hydrogen-bond donors (Lipinski definition) is 0. The Morgan fingerprint density at radius 1 is 1.42 bits per heavy atom. The van der Waals surface area contributed by atoms with E-state index in [2.05, 4.69) is 32.9 Å². The molecule has 0 aromatic rings. The van der Waals surface area contributed by atoms with Crippen molar-refractivity contribution < 1.29 is 0 Å². The summed E-state index contributed by atoms with van der Waals surface area (Å²) < 4.78 is 0. The lowest BCUT2D eigenvalue weighted by molar-refractivity contribution is 0.347. The van der Waals surface area contributed by atoms with E-state index in [1.54, 1.807) is 0 Å². The Balaban J connectivity index is 2.33. The van der Waals surface area contributed by atoms with Gasteiger partial charge in [0.15, 0.2) is 0 Å². The molecule has 0 heterocycles. The van der Waals surface area contributed by atoms with Crippen molar-refractivity contribution in [2.24, 2.45) is 11.3 Å². The van der Waals surface area contributed by atoms with Gasteiger partial charge >= 0.3 is 0 Å². The van der Waals surface area contributed by atoms with E-state index in [9.17, 15) is 0 Å². The summed E-state index contributed by atoms with van der Waals surface area (Å²) in [5.41, 5.74) is 0.475. The van der Waals surface area contributed by atoms with Crippen molar-refractivity contribution in [3.8, 4) is 0 Å². The first kappa shape index (κ1) is 9.83. The molecule has 0 bridgehead atoms. The van der Waals surface area contributed by atoms with Crippen LogP contribution in [0.4, 0.5) is 0 Å². The lowest BCUT2D eigenvalue weighted by atomic mass is 9.77. The van der Waals surface area contributed by atoms with E-state index < -0.39 is 0 Å². The highest BCUT2D eigenvalue weighted by atomic mass is 14.3. The Kier molecular flexibility index (Phi) is 3.37. The fraction of sp³-hybridized carbons (Fsp3) is 0.833. The fourth-order valence-electron chi connectivity index (χ4n) is 1.84. The van der Waals surface area contributed by atoms with Crippen LogP contribution >= 0.6 is 0 Å². The smallest absolute Gasteiger partial charge is 0.0175 e. The van der Waals surface area contributed by atoms with E-state index in [0.29, 0.717) is 5.41 Å². The van der Waals surface area contributed by atoms with E-state index >= 15 is 0 Å². The summed E-state index contributed by atoms with van der Waals surface area (Å²) in [7, 11) is 0. The lowest BCUT2D eigenvalue weighted by Crippen LogP contribution is -2.15. The molecular formula is C12H22. The Labute approximate surface area is 77.1 Å². The molecule has 0 nitrogen and oxygen atoms in total. The highest BCUT2D eigenvalue weighted by Crippen LogP contribution is 2.33. The Morgan fingerprint density at radius 3 is 2.67 bits per heavy atom. The first-order chi connectivity index (χ1) is 5.64. The van der Waals surface area contributed by atoms with E-state index in [1.807, 2.05) is 0 Å². The normalized spacial score (nSPS) is 27.4. The molecule has 0 aliphatic heterocycles. The summed E-state index contributed by atoms with van der Waals surface area (Å²) in [4.78, 5) is 0. The van der Waals surface area contributed by atoms with Crippen molar-refractivity contribution >= 4 is 0 Å². The third-order valence-electron chi connectivity index (χ3n) is 2.91. The molecule has 1 aliphatic carbocycles. The van der Waals surface area contributed by atoms with Gasteiger partial charge in [-0.05, 0) is 30.6 Å². The zero-order valence-electron chi connectivity index (χ0n) is 8.77. The molecule has 1 aliphatic rings. The van der Waals surface area contributed by atoms with Crippen LogP contribution in [-0.2, 0) is 0 Å². The summed E-state index contributed by atoms with van der Waals surface area (Å²) in [5.74, 6) is 0.887. The van der Waals surface area contributed by atoms with E-state index in [1.165, 1.54) is 32.1 Å². The summed E-state index contributed by atoms with van der Waals surface area (Å²) in [6.07, 6.45) is 11.8. The van der Waals surface area contributed by atoms with E-state index in [-0.39, 0.29) is 0 Å². The van der Waals surface area contributed by atoms with Gasteiger partial charge in [0.25, 0.3) is 0 Å². The van der Waals surface area contributed by atoms with Crippen LogP contribution < -0.4 is 0 Å². The van der Waals surface area contributed by atoms with Gasteiger partial charge < -0.3 is 0 Å². The molecular weight excluding hydrogens is 144 g/mol. The van der Waals surface area contributed by atoms with Crippen LogP contribution in [0.2, 0.25) is 0 Å². The van der Waals surface area contributed by atoms with Crippen LogP contribution in [0.3, 0.4) is 0 Å². The number of rotatable bonds is 3. The maximum absolute atomic E-state index is 2.44. The van der Waals surface area contributed by atoms with Gasteiger partial charge in [-0.1, -0.05) is 45.8 Å². The van der Waals surface area contributed by atoms with Crippen LogP contribution in [-0.4, -0.2) is 0 Å². The van der Waals surface area contributed by atoms with Gasteiger partial charge in [0.2, 0.25) is 0 Å². The molecule has 0 spiro atoms. The lowest BCUT2D eigenvalue weighted by Gasteiger charge is -2.28. The first-order valence-corrected chi connectivity index (χ1v) is 5.33. The quantitative estimate of drug-likeness (QED) is 0.552. The molecule has 0 aromatic carbocycles. The van der Waals surface area contributed by atoms with Gasteiger partial charge in [-0.2, -0.15) is 0 Å². The second kappa shape index (κ2) is 4.11. The van der Waals surface area contributed by atoms with Crippen molar-refractivity contribution in [2.75, 3.05) is 0 Å². The van der Waals surface area contributed by atoms with Crippen molar-refractivity contribution in [1.82, 2.24) is 0 Å². The number of unbranched alkanes of at least 4 members (excludes halogenated alkanes) is 1. The maximum atomic E-state index is 2.44. The number of allylic oxidation sites excluding steroid dienone is 2. The topological polar surface area (TPSA) is 0 Å². The van der Waals surface area contributed by atoms with Crippen LogP contribution in [0.5, 0.6) is 0 Å². The highest BCUT2D eigenvalue weighted by molar-refractivity contribution is 5.02. The summed E-state index contributed by atoms with van der Waals surface area (Å²) in [6.45, 7) is 6.94. The van der Waals surface area contributed by atoms with Gasteiger partial charge in [-0.3, -0.25) is 0 Å². The molecule has 12 heavy (non-hydrogen) atoms. The van der Waals surface area contributed by atoms with Crippen molar-refractivity contribution in [2.45, 2.75) is 52.9 Å². The molecule has 1 atom stereocenters. The molecule has 1 rings (SSSR count). The van der Waals surface area contributed by atoms with Crippen molar-refractivity contribution in [1.29, 1.82) is 0 Å². The second-order valence-corrected chi connectivity index (χ2v) is 4.79. The summed E-state index contributed by atoms with van der Waals surface area (Å²) >= 11 is 0. The fourth-order valence-corrected chi connectivity index (χ4v) is 1.84. The third kappa shape index (κ3) is 3.00. The third-order valence-corrected chi connectivity index (χ3v) is 2.91. The minimum Gasteiger partial charge on any atom is -0.0849 e. The molecule has 0 N–H and O–H groups in total. The monoisotopic (exact) mass is 166 g/mol. The largest absolute Gasteiger partial charge is 0.0849 e. The predicted molar refractivity (Wildman–Crippen MR) is 55.2 cm³/mol. The Hall–Kier alpha value is -0.260. The molecule has 0 amide bonds. The zero-order valence-corrected chi connectivity index (χ0v) is 8.77. The van der Waals surface area contributed by atoms with Crippen LogP contribution in [0.1, 0.15) is 52.9 Å². The van der Waals surface area contributed by atoms with Gasteiger partial charge in [0.1, 0.15) is 0 Å². The van der Waals surface area contributed by atoms with Gasteiger partial charge in [0, 0.05) is 0 Å². The zero-order chi connectivity index (χ0) is 9.03.